The van der Waals surface area contributed by atoms with Crippen molar-refractivity contribution >= 4 is 10.9 Å². The van der Waals surface area contributed by atoms with E-state index in [9.17, 15) is 0 Å². The Morgan fingerprint density at radius 2 is 2.08 bits per heavy atom. The molecule has 0 atom stereocenters. The van der Waals surface area contributed by atoms with E-state index in [0.29, 0.717) is 6.04 Å². The molecule has 1 aliphatic rings. The molecule has 60 valence electrons. The third-order valence-corrected chi connectivity index (χ3v) is 2.40. The van der Waals surface area contributed by atoms with Gasteiger partial charge >= 0.3 is 0 Å². The predicted molar refractivity (Wildman–Crippen MR) is 48.0 cm³/mol. The van der Waals surface area contributed by atoms with Crippen molar-refractivity contribution in [3.63, 3.8) is 0 Å². The summed E-state index contributed by atoms with van der Waals surface area (Å²) in [6, 6.07) is 9.07. The average Bonchev–Trinajstić information content (AvgIpc) is 2.86. The van der Waals surface area contributed by atoms with Crippen LogP contribution in [-0.2, 0) is 0 Å². The van der Waals surface area contributed by atoms with Gasteiger partial charge in [-0.25, -0.2) is 0 Å². The van der Waals surface area contributed by atoms with Crippen LogP contribution in [0.2, 0.25) is 0 Å². The van der Waals surface area contributed by atoms with Gasteiger partial charge in [-0.15, -0.1) is 0 Å². The number of benzene rings is 1. The smallest absolute Gasteiger partial charge is 0.0685 e. The minimum Gasteiger partial charge on any atom is -0.262 e. The molecule has 0 aliphatic heterocycles. The van der Waals surface area contributed by atoms with Crippen LogP contribution in [0, 0.1) is 0 Å². The maximum Gasteiger partial charge on any atom is 0.0685 e. The fourth-order valence-electron chi connectivity index (χ4n) is 1.60. The average molecular weight is 158 g/mol. The molecule has 0 N–H and O–H groups in total. The Balaban J connectivity index is 2.30. The number of hydrogen-bond donors (Lipinski definition) is 0. The monoisotopic (exact) mass is 158 g/mol. The first-order valence-electron chi connectivity index (χ1n) is 4.37. The van der Waals surface area contributed by atoms with Crippen molar-refractivity contribution in [2.24, 2.45) is 0 Å². The molecule has 0 amide bonds. The summed E-state index contributed by atoms with van der Waals surface area (Å²) < 4.78 is 2.15. The zero-order valence-corrected chi connectivity index (χ0v) is 6.77. The van der Waals surface area contributed by atoms with Crippen LogP contribution in [0.3, 0.4) is 0 Å². The second-order valence-electron chi connectivity index (χ2n) is 3.38. The highest BCUT2D eigenvalue weighted by molar-refractivity contribution is 5.78. The minimum absolute atomic E-state index is 0.685. The third-order valence-electron chi connectivity index (χ3n) is 2.40. The molecule has 0 spiro atoms. The van der Waals surface area contributed by atoms with Gasteiger partial charge in [0.1, 0.15) is 0 Å². The van der Waals surface area contributed by atoms with Gasteiger partial charge in [-0.1, -0.05) is 18.2 Å². The molecule has 1 aromatic carbocycles. The predicted octanol–water partition coefficient (Wildman–Crippen LogP) is 2.37. The molecule has 1 aliphatic carbocycles. The van der Waals surface area contributed by atoms with Crippen molar-refractivity contribution < 1.29 is 0 Å². The molecule has 2 aromatic rings. The molecule has 0 bridgehead atoms. The molecule has 1 fully saturated rings. The number of hydrogen-bond acceptors (Lipinski definition) is 1. The van der Waals surface area contributed by atoms with Crippen LogP contribution >= 0.6 is 0 Å². The highest BCUT2D eigenvalue weighted by Crippen LogP contribution is 2.36. The highest BCUT2D eigenvalue weighted by atomic mass is 15.3. The zero-order chi connectivity index (χ0) is 7.97. The Morgan fingerprint density at radius 3 is 2.92 bits per heavy atom. The summed E-state index contributed by atoms with van der Waals surface area (Å²) in [7, 11) is 0. The summed E-state index contributed by atoms with van der Waals surface area (Å²) in [6.07, 6.45) is 4.55. The van der Waals surface area contributed by atoms with Gasteiger partial charge in [-0.3, -0.25) is 4.68 Å². The molecular weight excluding hydrogens is 148 g/mol. The summed E-state index contributed by atoms with van der Waals surface area (Å²) in [5, 5.41) is 5.63. The summed E-state index contributed by atoms with van der Waals surface area (Å²) in [5.74, 6) is 0. The zero-order valence-electron chi connectivity index (χ0n) is 6.77. The standard InChI is InChI=1S/C10H10N2/c1-2-4-10-8(3-1)7-11-12(10)9-5-6-9/h1-4,7,9H,5-6H2. The van der Waals surface area contributed by atoms with Crippen molar-refractivity contribution in [3.8, 4) is 0 Å². The van der Waals surface area contributed by atoms with E-state index in [-0.39, 0.29) is 0 Å². The van der Waals surface area contributed by atoms with Gasteiger partial charge in [0, 0.05) is 5.39 Å². The summed E-state index contributed by atoms with van der Waals surface area (Å²) in [5.41, 5.74) is 1.28. The van der Waals surface area contributed by atoms with Gasteiger partial charge in [0.25, 0.3) is 0 Å². The van der Waals surface area contributed by atoms with Gasteiger partial charge in [0.05, 0.1) is 17.8 Å². The van der Waals surface area contributed by atoms with E-state index in [2.05, 4.69) is 34.0 Å². The topological polar surface area (TPSA) is 17.8 Å². The molecular formula is C10H10N2. The maximum atomic E-state index is 4.37. The maximum absolute atomic E-state index is 4.37. The molecule has 2 heteroatoms. The molecule has 2 nitrogen and oxygen atoms in total. The fourth-order valence-corrected chi connectivity index (χ4v) is 1.60. The Morgan fingerprint density at radius 1 is 1.25 bits per heavy atom. The Hall–Kier alpha value is -1.31. The molecule has 1 heterocycles. The summed E-state index contributed by atoms with van der Waals surface area (Å²) in [6.45, 7) is 0. The van der Waals surface area contributed by atoms with Crippen molar-refractivity contribution in [2.45, 2.75) is 18.9 Å². The lowest BCUT2D eigenvalue weighted by Crippen LogP contribution is -1.94. The van der Waals surface area contributed by atoms with Crippen LogP contribution in [0.25, 0.3) is 10.9 Å². The van der Waals surface area contributed by atoms with E-state index in [1.165, 1.54) is 23.7 Å². The molecule has 0 unspecified atom stereocenters. The minimum atomic E-state index is 0.685. The van der Waals surface area contributed by atoms with Gasteiger partial charge in [0.2, 0.25) is 0 Å². The molecule has 0 saturated heterocycles. The first-order valence-corrected chi connectivity index (χ1v) is 4.37. The van der Waals surface area contributed by atoms with Gasteiger partial charge in [-0.2, -0.15) is 5.10 Å². The summed E-state index contributed by atoms with van der Waals surface area (Å²) >= 11 is 0. The van der Waals surface area contributed by atoms with E-state index in [1.807, 2.05) is 6.20 Å². The Kier molecular flexibility index (Phi) is 1.09. The van der Waals surface area contributed by atoms with Crippen LogP contribution in [-0.4, -0.2) is 9.78 Å². The van der Waals surface area contributed by atoms with E-state index >= 15 is 0 Å². The quantitative estimate of drug-likeness (QED) is 0.623. The molecule has 3 rings (SSSR count). The normalized spacial score (nSPS) is 17.0. The highest BCUT2D eigenvalue weighted by Gasteiger charge is 2.25. The molecule has 12 heavy (non-hydrogen) atoms. The van der Waals surface area contributed by atoms with Crippen molar-refractivity contribution in [1.29, 1.82) is 0 Å². The SMILES string of the molecule is c1ccc2c(c1)cnn2C1CC1. The van der Waals surface area contributed by atoms with Crippen LogP contribution in [0.4, 0.5) is 0 Å². The number of fused-ring (bicyclic) bond motifs is 1. The van der Waals surface area contributed by atoms with Crippen molar-refractivity contribution in [1.82, 2.24) is 9.78 Å². The number of rotatable bonds is 1. The largest absolute Gasteiger partial charge is 0.262 e. The van der Waals surface area contributed by atoms with E-state index in [4.69, 9.17) is 0 Å². The number of para-hydroxylation sites is 1. The van der Waals surface area contributed by atoms with Gasteiger partial charge < -0.3 is 0 Å². The van der Waals surface area contributed by atoms with Gasteiger partial charge in [0.15, 0.2) is 0 Å². The van der Waals surface area contributed by atoms with Crippen LogP contribution in [0.1, 0.15) is 18.9 Å². The Bertz CT molecular complexity index is 412. The van der Waals surface area contributed by atoms with Crippen molar-refractivity contribution in [2.75, 3.05) is 0 Å². The van der Waals surface area contributed by atoms with Crippen LogP contribution < -0.4 is 0 Å². The lowest BCUT2D eigenvalue weighted by Gasteiger charge is -1.98. The first kappa shape index (κ1) is 6.23. The lowest BCUT2D eigenvalue weighted by molar-refractivity contribution is 0.665. The second-order valence-corrected chi connectivity index (χ2v) is 3.38. The first-order chi connectivity index (χ1) is 5.95. The van der Waals surface area contributed by atoms with E-state index < -0.39 is 0 Å². The molecule has 0 radical (unpaired) electrons. The molecule has 1 saturated carbocycles. The third kappa shape index (κ3) is 0.779. The fraction of sp³-hybridized carbons (Fsp3) is 0.300. The van der Waals surface area contributed by atoms with E-state index in [0.717, 1.165) is 0 Å². The number of aromatic nitrogens is 2. The second kappa shape index (κ2) is 2.09. The van der Waals surface area contributed by atoms with Crippen LogP contribution in [0.15, 0.2) is 30.5 Å². The number of nitrogens with zero attached hydrogens (tertiary/aromatic N) is 2. The lowest BCUT2D eigenvalue weighted by atomic mass is 10.2. The van der Waals surface area contributed by atoms with E-state index in [1.54, 1.807) is 0 Å². The molecule has 1 aromatic heterocycles. The van der Waals surface area contributed by atoms with Gasteiger partial charge in [-0.05, 0) is 18.9 Å². The van der Waals surface area contributed by atoms with Crippen LogP contribution in [0.5, 0.6) is 0 Å². The Labute approximate surface area is 70.8 Å². The van der Waals surface area contributed by atoms with Crippen molar-refractivity contribution in [3.05, 3.63) is 30.5 Å². The summed E-state index contributed by atoms with van der Waals surface area (Å²) in [4.78, 5) is 0.